The van der Waals surface area contributed by atoms with E-state index in [1.54, 1.807) is 30.3 Å². The summed E-state index contributed by atoms with van der Waals surface area (Å²) in [6.07, 6.45) is -0.220. The first-order valence-corrected chi connectivity index (χ1v) is 10.7. The van der Waals surface area contributed by atoms with Crippen LogP contribution in [-0.4, -0.2) is 18.1 Å². The van der Waals surface area contributed by atoms with Crippen LogP contribution in [0, 0.1) is 28.0 Å². The number of benzene rings is 2. The van der Waals surface area contributed by atoms with E-state index < -0.39 is 22.6 Å². The van der Waals surface area contributed by atoms with E-state index in [2.05, 4.69) is 5.32 Å². The Bertz CT molecular complexity index is 1040. The number of amides is 1. The number of hydrogen-bond donors (Lipinski definition) is 1. The van der Waals surface area contributed by atoms with Gasteiger partial charge in [0.15, 0.2) is 0 Å². The minimum Gasteiger partial charge on any atom is -0.489 e. The van der Waals surface area contributed by atoms with Crippen molar-refractivity contribution in [3.63, 3.8) is 0 Å². The van der Waals surface area contributed by atoms with Crippen molar-refractivity contribution < 1.29 is 13.9 Å². The van der Waals surface area contributed by atoms with Gasteiger partial charge < -0.3 is 10.1 Å². The minimum atomic E-state index is -0.515. The monoisotopic (exact) mass is 442 g/mol. The molecule has 0 aliphatic heterocycles. The van der Waals surface area contributed by atoms with Crippen molar-refractivity contribution in [3.05, 3.63) is 63.9 Å². The summed E-state index contributed by atoms with van der Waals surface area (Å²) in [4.78, 5) is 12.9. The van der Waals surface area contributed by atoms with E-state index >= 15 is 0 Å². The fraction of sp³-hybridized carbons (Fsp3) is 0.440. The zero-order valence-corrected chi connectivity index (χ0v) is 19.5. The van der Waals surface area contributed by atoms with Crippen molar-refractivity contribution in [2.24, 2.45) is 10.8 Å². The van der Waals surface area contributed by atoms with Crippen LogP contribution in [0.2, 0.25) is 5.02 Å². The highest BCUT2D eigenvalue weighted by Gasteiger charge is 2.64. The lowest BCUT2D eigenvalue weighted by Gasteiger charge is -2.63. The quantitative estimate of drug-likeness (QED) is 0.609. The predicted molar refractivity (Wildman–Crippen MR) is 120 cm³/mol. The molecule has 1 saturated carbocycles. The second-order valence-corrected chi connectivity index (χ2v) is 10.1. The Labute approximate surface area is 188 Å². The first kappa shape index (κ1) is 23.1. The van der Waals surface area contributed by atoms with Crippen molar-refractivity contribution in [3.8, 4) is 11.8 Å². The lowest BCUT2D eigenvalue weighted by molar-refractivity contribution is -0.164. The molecule has 0 bridgehead atoms. The van der Waals surface area contributed by atoms with Gasteiger partial charge in [-0.3, -0.25) is 4.79 Å². The van der Waals surface area contributed by atoms with E-state index in [9.17, 15) is 9.18 Å². The Morgan fingerprint density at radius 3 is 2.32 bits per heavy atom. The Morgan fingerprint density at radius 1 is 1.16 bits per heavy atom. The summed E-state index contributed by atoms with van der Waals surface area (Å²) in [7, 11) is 0. The Morgan fingerprint density at radius 2 is 1.81 bits per heavy atom. The van der Waals surface area contributed by atoms with E-state index in [1.165, 1.54) is 6.07 Å². The Kier molecular flexibility index (Phi) is 6.08. The molecule has 0 atom stereocenters. The normalized spacial score (nSPS) is 21.2. The van der Waals surface area contributed by atoms with Crippen LogP contribution in [-0.2, 0) is 0 Å². The van der Waals surface area contributed by atoms with Crippen LogP contribution in [0.3, 0.4) is 0 Å². The topological polar surface area (TPSA) is 62.1 Å². The number of ether oxygens (including phenoxy) is 1. The SMILES string of the molecule is CC(C)c1ccc(C(=O)N[C@H]2C(C)(C)[C@H](Oc3ccc(C#N)c(Cl)c3)C2(C)C)c(F)c1. The molecule has 0 aromatic heterocycles. The fourth-order valence-corrected chi connectivity index (χ4v) is 5.09. The summed E-state index contributed by atoms with van der Waals surface area (Å²) in [5.41, 5.74) is 0.464. The third-order valence-electron chi connectivity index (χ3n) is 6.33. The second-order valence-electron chi connectivity index (χ2n) is 9.69. The average molecular weight is 443 g/mol. The highest BCUT2D eigenvalue weighted by Crippen LogP contribution is 2.55. The number of rotatable bonds is 5. The van der Waals surface area contributed by atoms with E-state index in [4.69, 9.17) is 21.6 Å². The van der Waals surface area contributed by atoms with Crippen LogP contribution in [0.5, 0.6) is 5.75 Å². The van der Waals surface area contributed by atoms with E-state index in [-0.39, 0.29) is 23.6 Å². The number of carbonyl (C=O) groups excluding carboxylic acids is 1. The maximum absolute atomic E-state index is 14.6. The first-order valence-electron chi connectivity index (χ1n) is 10.4. The van der Waals surface area contributed by atoms with Gasteiger partial charge in [-0.2, -0.15) is 5.26 Å². The third-order valence-corrected chi connectivity index (χ3v) is 6.65. The molecule has 0 saturated heterocycles. The second kappa shape index (κ2) is 8.16. The van der Waals surface area contributed by atoms with Gasteiger partial charge in [0.2, 0.25) is 0 Å². The van der Waals surface area contributed by atoms with Gasteiger partial charge in [-0.25, -0.2) is 4.39 Å². The van der Waals surface area contributed by atoms with E-state index in [0.29, 0.717) is 16.3 Å². The molecule has 0 radical (unpaired) electrons. The van der Waals surface area contributed by atoms with Gasteiger partial charge in [0, 0.05) is 22.9 Å². The number of nitrogens with one attached hydrogen (secondary N) is 1. The highest BCUT2D eigenvalue weighted by molar-refractivity contribution is 6.31. The van der Waals surface area contributed by atoms with Crippen LogP contribution in [0.1, 0.15) is 68.9 Å². The van der Waals surface area contributed by atoms with E-state index in [0.717, 1.165) is 5.56 Å². The van der Waals surface area contributed by atoms with Crippen LogP contribution < -0.4 is 10.1 Å². The number of halogens is 2. The van der Waals surface area contributed by atoms with Crippen LogP contribution in [0.4, 0.5) is 4.39 Å². The molecule has 3 rings (SSSR count). The molecule has 0 spiro atoms. The average Bonchev–Trinajstić information content (AvgIpc) is 2.69. The smallest absolute Gasteiger partial charge is 0.254 e. The number of nitrogens with zero attached hydrogens (tertiary/aromatic N) is 1. The largest absolute Gasteiger partial charge is 0.489 e. The number of carbonyl (C=O) groups is 1. The summed E-state index contributed by atoms with van der Waals surface area (Å²) in [5.74, 6) is -0.197. The zero-order chi connectivity index (χ0) is 23.1. The lowest BCUT2D eigenvalue weighted by Crippen LogP contribution is -2.74. The highest BCUT2D eigenvalue weighted by atomic mass is 35.5. The standard InChI is InChI=1S/C25H28ClFN2O2/c1-14(2)15-8-10-18(20(27)11-15)21(30)29-22-24(3,4)23(25(22,5)6)31-17-9-7-16(13-28)19(26)12-17/h7-12,14,22-23H,1-6H3,(H,29,30)/t22-,23-. The Hall–Kier alpha value is -2.58. The molecule has 1 amide bonds. The van der Waals surface area contributed by atoms with E-state index in [1.807, 2.05) is 47.6 Å². The minimum absolute atomic E-state index is 0.0410. The molecule has 1 fully saturated rings. The van der Waals surface area contributed by atoms with Gasteiger partial charge in [0.1, 0.15) is 23.7 Å². The molecule has 31 heavy (non-hydrogen) atoms. The Balaban J connectivity index is 1.77. The molecule has 0 unspecified atom stereocenters. The zero-order valence-electron chi connectivity index (χ0n) is 18.7. The molecule has 0 heterocycles. The van der Waals surface area contributed by atoms with Gasteiger partial charge in [0.05, 0.1) is 16.1 Å². The molecular formula is C25H28ClFN2O2. The molecule has 164 valence electrons. The molecule has 1 aliphatic rings. The van der Waals surface area contributed by atoms with Gasteiger partial charge >= 0.3 is 0 Å². The molecule has 6 heteroatoms. The van der Waals surface area contributed by atoms with Crippen LogP contribution in [0.25, 0.3) is 0 Å². The number of nitriles is 1. The summed E-state index contributed by atoms with van der Waals surface area (Å²) in [5, 5.41) is 12.4. The van der Waals surface area contributed by atoms with Gasteiger partial charge in [-0.05, 0) is 35.7 Å². The molecule has 1 N–H and O–H groups in total. The van der Waals surface area contributed by atoms with Gasteiger partial charge in [0.25, 0.3) is 5.91 Å². The third kappa shape index (κ3) is 4.14. The van der Waals surface area contributed by atoms with Crippen molar-refractivity contribution >= 4 is 17.5 Å². The summed E-state index contributed by atoms with van der Waals surface area (Å²) in [6, 6.07) is 11.5. The molecule has 2 aromatic rings. The van der Waals surface area contributed by atoms with Crippen LogP contribution in [0.15, 0.2) is 36.4 Å². The van der Waals surface area contributed by atoms with Gasteiger partial charge in [-0.1, -0.05) is 59.2 Å². The molecular weight excluding hydrogens is 415 g/mol. The van der Waals surface area contributed by atoms with Crippen molar-refractivity contribution in [2.75, 3.05) is 0 Å². The summed E-state index contributed by atoms with van der Waals surface area (Å²) >= 11 is 6.13. The van der Waals surface area contributed by atoms with Crippen LogP contribution >= 0.6 is 11.6 Å². The number of hydrogen-bond acceptors (Lipinski definition) is 3. The lowest BCUT2D eigenvalue weighted by atomic mass is 9.49. The molecule has 4 nitrogen and oxygen atoms in total. The molecule has 1 aliphatic carbocycles. The summed E-state index contributed by atoms with van der Waals surface area (Å²) in [6.45, 7) is 12.0. The fourth-order valence-electron chi connectivity index (χ4n) is 4.88. The predicted octanol–water partition coefficient (Wildman–Crippen LogP) is 6.09. The first-order chi connectivity index (χ1) is 14.4. The van der Waals surface area contributed by atoms with Crippen molar-refractivity contribution in [2.45, 2.75) is 59.6 Å². The maximum Gasteiger partial charge on any atom is 0.254 e. The molecule has 2 aromatic carbocycles. The maximum atomic E-state index is 14.6. The van der Waals surface area contributed by atoms with Crippen molar-refractivity contribution in [1.29, 1.82) is 5.26 Å². The summed E-state index contributed by atoms with van der Waals surface area (Å²) < 4.78 is 20.8. The van der Waals surface area contributed by atoms with Crippen molar-refractivity contribution in [1.82, 2.24) is 5.32 Å². The van der Waals surface area contributed by atoms with Gasteiger partial charge in [-0.15, -0.1) is 0 Å².